The average molecular weight is 400 g/mol. The molecule has 0 unspecified atom stereocenters. The molecular formula is C19H28N8O2. The fourth-order valence-corrected chi connectivity index (χ4v) is 3.51. The van der Waals surface area contributed by atoms with Gasteiger partial charge in [0.2, 0.25) is 0 Å². The number of hydrogen-bond acceptors (Lipinski definition) is 2. The summed E-state index contributed by atoms with van der Waals surface area (Å²) in [6, 6.07) is 0. The Morgan fingerprint density at radius 2 is 1.10 bits per heavy atom. The highest BCUT2D eigenvalue weighted by Crippen LogP contribution is 2.26. The number of aromatic nitrogens is 2. The lowest BCUT2D eigenvalue weighted by Gasteiger charge is -2.02. The first kappa shape index (κ1) is 21.7. The number of rotatable bonds is 6. The Kier molecular flexibility index (Phi) is 6.47. The van der Waals surface area contributed by atoms with Crippen molar-refractivity contribution in [1.29, 1.82) is 0 Å². The van der Waals surface area contributed by atoms with Crippen molar-refractivity contribution in [2.45, 2.75) is 47.0 Å². The fraction of sp³-hybridized carbons (Fsp3) is 0.368. The third-order valence-corrected chi connectivity index (χ3v) is 4.92. The second-order valence-corrected chi connectivity index (χ2v) is 6.73. The molecule has 2 aromatic heterocycles. The average Bonchev–Trinajstić information content (AvgIpc) is 3.11. The van der Waals surface area contributed by atoms with Crippen LogP contribution in [0.1, 0.15) is 68.5 Å². The van der Waals surface area contributed by atoms with Crippen LogP contribution in [0.5, 0.6) is 0 Å². The fourth-order valence-electron chi connectivity index (χ4n) is 3.51. The summed E-state index contributed by atoms with van der Waals surface area (Å²) in [5.41, 5.74) is 27.4. The Morgan fingerprint density at radius 3 is 1.38 bits per heavy atom. The van der Waals surface area contributed by atoms with E-state index in [1.165, 1.54) is 0 Å². The van der Waals surface area contributed by atoms with Crippen molar-refractivity contribution in [1.82, 2.24) is 9.97 Å². The minimum Gasteiger partial charge on any atom is -0.370 e. The van der Waals surface area contributed by atoms with Crippen LogP contribution < -0.4 is 22.9 Å². The molecule has 0 aromatic carbocycles. The SMILES string of the molecule is CCc1c(C(=O)N=C(N)N)[nH]c(Cc2[nH]c(C(=O)N=C(N)N)c(CC)c2C)c1C. The number of carbonyl (C=O) groups excluding carboxylic acids is 2. The molecule has 0 atom stereocenters. The van der Waals surface area contributed by atoms with Gasteiger partial charge in [-0.3, -0.25) is 9.59 Å². The summed E-state index contributed by atoms with van der Waals surface area (Å²) in [5, 5.41) is 0. The number of aliphatic imine (C=N–C) groups is 2. The van der Waals surface area contributed by atoms with Crippen molar-refractivity contribution < 1.29 is 9.59 Å². The van der Waals surface area contributed by atoms with Crippen molar-refractivity contribution >= 4 is 23.7 Å². The van der Waals surface area contributed by atoms with E-state index in [1.54, 1.807) is 0 Å². The van der Waals surface area contributed by atoms with E-state index in [0.717, 1.165) is 33.6 Å². The largest absolute Gasteiger partial charge is 0.370 e. The van der Waals surface area contributed by atoms with Gasteiger partial charge in [-0.25, -0.2) is 0 Å². The Balaban J connectivity index is 2.50. The molecule has 10 nitrogen and oxygen atoms in total. The summed E-state index contributed by atoms with van der Waals surface area (Å²) in [4.78, 5) is 38.3. The molecule has 2 aromatic rings. The van der Waals surface area contributed by atoms with Crippen molar-refractivity contribution in [2.24, 2.45) is 32.9 Å². The summed E-state index contributed by atoms with van der Waals surface area (Å²) in [7, 11) is 0. The van der Waals surface area contributed by atoms with Crippen LogP contribution in [-0.2, 0) is 19.3 Å². The van der Waals surface area contributed by atoms with E-state index in [2.05, 4.69) is 20.0 Å². The van der Waals surface area contributed by atoms with Crippen LogP contribution in [0.25, 0.3) is 0 Å². The Hall–Kier alpha value is -3.56. The van der Waals surface area contributed by atoms with Crippen LogP contribution in [0.2, 0.25) is 0 Å². The monoisotopic (exact) mass is 400 g/mol. The third kappa shape index (κ3) is 4.48. The Labute approximate surface area is 168 Å². The van der Waals surface area contributed by atoms with E-state index in [-0.39, 0.29) is 11.9 Å². The van der Waals surface area contributed by atoms with E-state index >= 15 is 0 Å². The zero-order valence-corrected chi connectivity index (χ0v) is 17.1. The molecule has 0 saturated carbocycles. The normalized spacial score (nSPS) is 10.6. The second-order valence-electron chi connectivity index (χ2n) is 6.73. The van der Waals surface area contributed by atoms with Gasteiger partial charge < -0.3 is 32.9 Å². The Morgan fingerprint density at radius 1 is 0.759 bits per heavy atom. The zero-order valence-electron chi connectivity index (χ0n) is 17.1. The molecule has 10 N–H and O–H groups in total. The van der Waals surface area contributed by atoms with Crippen LogP contribution >= 0.6 is 0 Å². The number of nitrogens with two attached hydrogens (primary N) is 4. The number of hydrogen-bond donors (Lipinski definition) is 6. The Bertz CT molecular complexity index is 922. The lowest BCUT2D eigenvalue weighted by atomic mass is 10.0. The first-order valence-corrected chi connectivity index (χ1v) is 9.29. The minimum atomic E-state index is -0.516. The zero-order chi connectivity index (χ0) is 21.9. The van der Waals surface area contributed by atoms with Crippen molar-refractivity contribution in [3.8, 4) is 0 Å². The van der Waals surface area contributed by atoms with E-state index in [4.69, 9.17) is 22.9 Å². The number of amides is 2. The summed E-state index contributed by atoms with van der Waals surface area (Å²) < 4.78 is 0. The molecule has 0 bridgehead atoms. The van der Waals surface area contributed by atoms with Gasteiger partial charge in [0.1, 0.15) is 11.4 Å². The standard InChI is InChI=1S/C19H28N8O2/c1-5-10-8(3)12(24-14(10)16(28)26-18(20)21)7-13-9(4)11(6-2)15(25-13)17(29)27-19(22)23/h24-25H,5-7H2,1-4H3,(H4,20,21,26,28)(H4,22,23,27,29). The predicted molar refractivity (Wildman–Crippen MR) is 113 cm³/mol. The van der Waals surface area contributed by atoms with E-state index in [9.17, 15) is 9.59 Å². The molecule has 0 aliphatic carbocycles. The van der Waals surface area contributed by atoms with Crippen molar-refractivity contribution in [3.63, 3.8) is 0 Å². The molecular weight excluding hydrogens is 372 g/mol. The lowest BCUT2D eigenvalue weighted by Crippen LogP contribution is -2.24. The van der Waals surface area contributed by atoms with Gasteiger partial charge in [0, 0.05) is 17.8 Å². The van der Waals surface area contributed by atoms with Gasteiger partial charge >= 0.3 is 0 Å². The van der Waals surface area contributed by atoms with Gasteiger partial charge in [0.25, 0.3) is 11.8 Å². The van der Waals surface area contributed by atoms with Crippen LogP contribution in [0.15, 0.2) is 9.98 Å². The van der Waals surface area contributed by atoms with Crippen molar-refractivity contribution in [3.05, 3.63) is 45.0 Å². The molecule has 0 spiro atoms. The number of guanidine groups is 2. The smallest absolute Gasteiger partial charge is 0.296 e. The minimum absolute atomic E-state index is 0.290. The van der Waals surface area contributed by atoms with E-state index in [1.807, 2.05) is 27.7 Å². The summed E-state index contributed by atoms with van der Waals surface area (Å²) in [5.74, 6) is -1.61. The van der Waals surface area contributed by atoms with Gasteiger partial charge in [0.15, 0.2) is 11.9 Å². The second kappa shape index (κ2) is 8.63. The highest BCUT2D eigenvalue weighted by Gasteiger charge is 2.22. The number of H-pyrrole nitrogens is 2. The predicted octanol–water partition coefficient (Wildman–Crippen LogP) is 0.502. The van der Waals surface area contributed by atoms with Gasteiger partial charge in [-0.2, -0.15) is 9.98 Å². The molecule has 0 radical (unpaired) electrons. The molecule has 10 heteroatoms. The molecule has 29 heavy (non-hydrogen) atoms. The highest BCUT2D eigenvalue weighted by atomic mass is 16.2. The molecule has 0 fully saturated rings. The number of nitrogens with zero attached hydrogens (tertiary/aromatic N) is 2. The van der Waals surface area contributed by atoms with E-state index in [0.29, 0.717) is 30.7 Å². The molecule has 156 valence electrons. The molecule has 2 amide bonds. The van der Waals surface area contributed by atoms with Crippen LogP contribution in [0.3, 0.4) is 0 Å². The lowest BCUT2D eigenvalue weighted by molar-refractivity contribution is 0.0989. The number of aromatic amines is 2. The topological polar surface area (TPSA) is 195 Å². The molecule has 0 saturated heterocycles. The first-order valence-electron chi connectivity index (χ1n) is 9.29. The molecule has 0 aliphatic rings. The number of carbonyl (C=O) groups is 2. The van der Waals surface area contributed by atoms with Gasteiger partial charge in [-0.15, -0.1) is 0 Å². The van der Waals surface area contributed by atoms with Crippen LogP contribution in [-0.4, -0.2) is 33.7 Å². The maximum absolute atomic E-state index is 12.3. The third-order valence-electron chi connectivity index (χ3n) is 4.92. The molecule has 0 aliphatic heterocycles. The molecule has 2 rings (SSSR count). The summed E-state index contributed by atoms with van der Waals surface area (Å²) in [6.07, 6.45) is 1.74. The summed E-state index contributed by atoms with van der Waals surface area (Å²) >= 11 is 0. The quantitative estimate of drug-likeness (QED) is 0.301. The van der Waals surface area contributed by atoms with Crippen LogP contribution in [0, 0.1) is 13.8 Å². The van der Waals surface area contributed by atoms with E-state index < -0.39 is 11.8 Å². The van der Waals surface area contributed by atoms with Gasteiger partial charge in [-0.1, -0.05) is 13.8 Å². The van der Waals surface area contributed by atoms with Gasteiger partial charge in [0.05, 0.1) is 0 Å². The van der Waals surface area contributed by atoms with Gasteiger partial charge in [-0.05, 0) is 48.9 Å². The maximum atomic E-state index is 12.3. The first-order chi connectivity index (χ1) is 13.6. The number of nitrogens with one attached hydrogen (secondary N) is 2. The summed E-state index contributed by atoms with van der Waals surface area (Å²) in [6.45, 7) is 7.77. The van der Waals surface area contributed by atoms with Crippen molar-refractivity contribution in [2.75, 3.05) is 0 Å². The maximum Gasteiger partial charge on any atom is 0.296 e. The van der Waals surface area contributed by atoms with Crippen LogP contribution in [0.4, 0.5) is 0 Å². The highest BCUT2D eigenvalue weighted by molar-refractivity contribution is 6.02. The molecule has 2 heterocycles.